The Morgan fingerprint density at radius 3 is 2.07 bits per heavy atom. The number of ketones is 1. The van der Waals surface area contributed by atoms with Gasteiger partial charge in [0.2, 0.25) is 5.91 Å². The van der Waals surface area contributed by atoms with Crippen molar-refractivity contribution in [1.29, 1.82) is 0 Å². The minimum Gasteiger partial charge on any atom is -0.369 e. The van der Waals surface area contributed by atoms with E-state index in [4.69, 9.17) is 0 Å². The maximum Gasteiger partial charge on any atom is 0.251 e. The molecule has 1 unspecified atom stereocenters. The van der Waals surface area contributed by atoms with E-state index in [-0.39, 0.29) is 30.1 Å². The maximum absolute atomic E-state index is 13.0. The SMILES string of the molecule is CC(=O)c1ccc(N2CCN(C3CC(=O)N(c4ccc(I)cc4)C3=O)CC2)cc1. The van der Waals surface area contributed by atoms with Crippen molar-refractivity contribution < 1.29 is 14.4 Å². The molecule has 2 aromatic rings. The van der Waals surface area contributed by atoms with Crippen LogP contribution < -0.4 is 9.80 Å². The number of amides is 2. The van der Waals surface area contributed by atoms with Crippen LogP contribution in [0.25, 0.3) is 0 Å². The lowest BCUT2D eigenvalue weighted by molar-refractivity contribution is -0.123. The van der Waals surface area contributed by atoms with Crippen molar-refractivity contribution in [2.75, 3.05) is 36.0 Å². The monoisotopic (exact) mass is 503 g/mol. The third kappa shape index (κ3) is 4.06. The van der Waals surface area contributed by atoms with Gasteiger partial charge < -0.3 is 4.90 Å². The molecule has 150 valence electrons. The predicted molar refractivity (Wildman–Crippen MR) is 120 cm³/mol. The van der Waals surface area contributed by atoms with Crippen molar-refractivity contribution in [2.24, 2.45) is 0 Å². The van der Waals surface area contributed by atoms with Gasteiger partial charge >= 0.3 is 0 Å². The van der Waals surface area contributed by atoms with Crippen LogP contribution in [-0.4, -0.2) is 54.7 Å². The molecule has 4 rings (SSSR count). The Kier molecular flexibility index (Phi) is 5.69. The molecule has 0 bridgehead atoms. The minimum atomic E-state index is -0.385. The minimum absolute atomic E-state index is 0.0588. The lowest BCUT2D eigenvalue weighted by Gasteiger charge is -2.38. The van der Waals surface area contributed by atoms with Gasteiger partial charge in [-0.1, -0.05) is 0 Å². The Morgan fingerprint density at radius 2 is 1.48 bits per heavy atom. The number of halogens is 1. The zero-order valence-corrected chi connectivity index (χ0v) is 18.3. The maximum atomic E-state index is 13.0. The van der Waals surface area contributed by atoms with Crippen molar-refractivity contribution in [2.45, 2.75) is 19.4 Å². The number of Topliss-reactive ketones (excluding diaryl/α,β-unsaturated/α-hetero) is 1. The summed E-state index contributed by atoms with van der Waals surface area (Å²) in [6, 6.07) is 14.7. The van der Waals surface area contributed by atoms with Gasteiger partial charge in [-0.05, 0) is 78.0 Å². The van der Waals surface area contributed by atoms with Gasteiger partial charge in [0.1, 0.15) is 0 Å². The van der Waals surface area contributed by atoms with E-state index >= 15 is 0 Å². The summed E-state index contributed by atoms with van der Waals surface area (Å²) < 4.78 is 1.06. The molecule has 2 aliphatic rings. The molecule has 0 N–H and O–H groups in total. The first-order chi connectivity index (χ1) is 13.9. The van der Waals surface area contributed by atoms with Gasteiger partial charge in [-0.2, -0.15) is 0 Å². The van der Waals surface area contributed by atoms with Crippen molar-refractivity contribution in [1.82, 2.24) is 4.90 Å². The Balaban J connectivity index is 1.41. The number of rotatable bonds is 4. The Bertz CT molecular complexity index is 935. The summed E-state index contributed by atoms with van der Waals surface area (Å²) in [7, 11) is 0. The molecule has 2 heterocycles. The van der Waals surface area contributed by atoms with Crippen LogP contribution in [0.3, 0.4) is 0 Å². The number of piperazine rings is 1. The third-order valence-corrected chi connectivity index (χ3v) is 6.32. The van der Waals surface area contributed by atoms with Crippen molar-refractivity contribution in [3.8, 4) is 0 Å². The highest BCUT2D eigenvalue weighted by atomic mass is 127. The van der Waals surface area contributed by atoms with E-state index in [1.54, 1.807) is 6.92 Å². The summed E-state index contributed by atoms with van der Waals surface area (Å²) in [4.78, 5) is 42.6. The van der Waals surface area contributed by atoms with Crippen molar-refractivity contribution >= 4 is 51.6 Å². The molecule has 2 saturated heterocycles. The summed E-state index contributed by atoms with van der Waals surface area (Å²) in [6.07, 6.45) is 0.234. The number of imide groups is 1. The van der Waals surface area contributed by atoms with Crippen molar-refractivity contribution in [3.63, 3.8) is 0 Å². The number of benzene rings is 2. The molecule has 29 heavy (non-hydrogen) atoms. The van der Waals surface area contributed by atoms with Crippen LogP contribution in [0.5, 0.6) is 0 Å². The molecule has 0 radical (unpaired) electrons. The quantitative estimate of drug-likeness (QED) is 0.365. The standard InChI is InChI=1S/C22H22IN3O3/c1-15(27)16-2-6-18(7-3-16)24-10-12-25(13-11-24)20-14-21(28)26(22(20)29)19-8-4-17(23)5-9-19/h2-9,20H,10-14H2,1H3. The largest absolute Gasteiger partial charge is 0.369 e. The van der Waals surface area contributed by atoms with E-state index in [2.05, 4.69) is 32.4 Å². The van der Waals surface area contributed by atoms with Gasteiger partial charge in [0.15, 0.2) is 5.78 Å². The van der Waals surface area contributed by atoms with Crippen LogP contribution in [0, 0.1) is 3.57 Å². The molecule has 2 aromatic carbocycles. The number of hydrogen-bond donors (Lipinski definition) is 0. The van der Waals surface area contributed by atoms with Crippen LogP contribution in [0.2, 0.25) is 0 Å². The molecular weight excluding hydrogens is 481 g/mol. The van der Waals surface area contributed by atoms with Crippen molar-refractivity contribution in [3.05, 3.63) is 57.7 Å². The number of hydrogen-bond acceptors (Lipinski definition) is 5. The average molecular weight is 503 g/mol. The number of carbonyl (C=O) groups excluding carboxylic acids is 3. The highest BCUT2D eigenvalue weighted by Crippen LogP contribution is 2.27. The second-order valence-corrected chi connectivity index (χ2v) is 8.64. The lowest BCUT2D eigenvalue weighted by atomic mass is 10.1. The summed E-state index contributed by atoms with van der Waals surface area (Å²) in [5.41, 5.74) is 2.43. The van der Waals surface area contributed by atoms with Crippen LogP contribution >= 0.6 is 22.6 Å². The number of nitrogens with zero attached hydrogens (tertiary/aromatic N) is 3. The van der Waals surface area contributed by atoms with Gasteiger partial charge in [-0.3, -0.25) is 19.3 Å². The summed E-state index contributed by atoms with van der Waals surface area (Å²) >= 11 is 2.20. The molecule has 7 heteroatoms. The van der Waals surface area contributed by atoms with E-state index < -0.39 is 0 Å². The molecule has 2 amide bonds. The summed E-state index contributed by atoms with van der Waals surface area (Å²) in [5.74, 6) is -0.206. The molecule has 0 aromatic heterocycles. The summed E-state index contributed by atoms with van der Waals surface area (Å²) in [6.45, 7) is 4.56. The molecule has 6 nitrogen and oxygen atoms in total. The normalized spacial score (nSPS) is 20.4. The van der Waals surface area contributed by atoms with E-state index in [0.29, 0.717) is 11.3 Å². The summed E-state index contributed by atoms with van der Waals surface area (Å²) in [5, 5.41) is 0. The zero-order valence-electron chi connectivity index (χ0n) is 16.2. The van der Waals surface area contributed by atoms with E-state index in [1.165, 1.54) is 4.90 Å². The molecule has 0 spiro atoms. The molecule has 0 saturated carbocycles. The second-order valence-electron chi connectivity index (χ2n) is 7.39. The lowest BCUT2D eigenvalue weighted by Crippen LogP contribution is -2.52. The highest BCUT2D eigenvalue weighted by Gasteiger charge is 2.43. The van der Waals surface area contributed by atoms with Crippen LogP contribution in [0.4, 0.5) is 11.4 Å². The first kappa shape index (κ1) is 20.0. The van der Waals surface area contributed by atoms with E-state index in [1.807, 2.05) is 48.5 Å². The molecule has 2 aliphatic heterocycles. The van der Waals surface area contributed by atoms with Gasteiger partial charge in [-0.25, -0.2) is 4.90 Å². The fourth-order valence-electron chi connectivity index (χ4n) is 3.96. The number of anilines is 2. The fourth-order valence-corrected chi connectivity index (χ4v) is 4.32. The Labute approximate surface area is 183 Å². The van der Waals surface area contributed by atoms with E-state index in [0.717, 1.165) is 35.4 Å². The zero-order chi connectivity index (χ0) is 20.5. The first-order valence-corrected chi connectivity index (χ1v) is 10.7. The van der Waals surface area contributed by atoms with E-state index in [9.17, 15) is 14.4 Å². The molecule has 2 fully saturated rings. The second kappa shape index (κ2) is 8.23. The fraction of sp³-hybridized carbons (Fsp3) is 0.318. The average Bonchev–Trinajstić information content (AvgIpc) is 3.03. The highest BCUT2D eigenvalue weighted by molar-refractivity contribution is 14.1. The van der Waals surface area contributed by atoms with Gasteiger partial charge in [0, 0.05) is 41.0 Å². The number of carbonyl (C=O) groups is 3. The first-order valence-electron chi connectivity index (χ1n) is 9.66. The molecule has 0 aliphatic carbocycles. The topological polar surface area (TPSA) is 60.9 Å². The third-order valence-electron chi connectivity index (χ3n) is 5.60. The molecular formula is C22H22IN3O3. The van der Waals surface area contributed by atoms with Crippen LogP contribution in [0.1, 0.15) is 23.7 Å². The smallest absolute Gasteiger partial charge is 0.251 e. The Hall–Kier alpha value is -2.26. The van der Waals surface area contributed by atoms with Gasteiger partial charge in [0.25, 0.3) is 5.91 Å². The van der Waals surface area contributed by atoms with Gasteiger partial charge in [0.05, 0.1) is 18.2 Å². The van der Waals surface area contributed by atoms with Gasteiger partial charge in [-0.15, -0.1) is 0 Å². The van der Waals surface area contributed by atoms with Crippen LogP contribution in [-0.2, 0) is 9.59 Å². The Morgan fingerprint density at radius 1 is 0.897 bits per heavy atom. The molecule has 1 atom stereocenters. The van der Waals surface area contributed by atoms with Crippen LogP contribution in [0.15, 0.2) is 48.5 Å². The predicted octanol–water partition coefficient (Wildman–Crippen LogP) is 2.95.